The third kappa shape index (κ3) is 5.60. The summed E-state index contributed by atoms with van der Waals surface area (Å²) < 4.78 is 5.46. The number of anilines is 1. The highest BCUT2D eigenvalue weighted by Crippen LogP contribution is 2.26. The summed E-state index contributed by atoms with van der Waals surface area (Å²) in [6.07, 6.45) is 1.82. The normalized spacial score (nSPS) is 12.7. The van der Waals surface area contributed by atoms with Gasteiger partial charge in [-0.1, -0.05) is 19.9 Å². The number of nitrogens with one attached hydrogen (secondary N) is 2. The quantitative estimate of drug-likeness (QED) is 0.741. The summed E-state index contributed by atoms with van der Waals surface area (Å²) >= 11 is 0. The lowest BCUT2D eigenvalue weighted by Gasteiger charge is -2.26. The van der Waals surface area contributed by atoms with E-state index in [0.717, 1.165) is 16.8 Å². The molecule has 1 aromatic carbocycles. The summed E-state index contributed by atoms with van der Waals surface area (Å²) in [5, 5.41) is 15.2. The van der Waals surface area contributed by atoms with Crippen LogP contribution in [0.4, 0.5) is 10.5 Å². The van der Waals surface area contributed by atoms with Crippen molar-refractivity contribution in [3.63, 3.8) is 0 Å². The summed E-state index contributed by atoms with van der Waals surface area (Å²) in [6.45, 7) is 10.1. The van der Waals surface area contributed by atoms with Crippen LogP contribution in [0, 0.1) is 19.3 Å². The second kappa shape index (κ2) is 7.70. The zero-order valence-corrected chi connectivity index (χ0v) is 15.5. The van der Waals surface area contributed by atoms with E-state index in [1.165, 1.54) is 0 Å². The van der Waals surface area contributed by atoms with Gasteiger partial charge >= 0.3 is 6.03 Å². The maximum Gasteiger partial charge on any atom is 0.319 e. The molecule has 0 aliphatic rings. The minimum atomic E-state index is -0.399. The van der Waals surface area contributed by atoms with Crippen molar-refractivity contribution in [1.82, 2.24) is 10.3 Å². The molecule has 6 nitrogen and oxygen atoms in total. The highest BCUT2D eigenvalue weighted by atomic mass is 16.3. The Bertz CT molecular complexity index is 735. The number of nitrogens with zero attached hydrogens (tertiary/aromatic N) is 1. The van der Waals surface area contributed by atoms with Crippen molar-refractivity contribution >= 4 is 11.7 Å². The number of aliphatic hydroxyl groups excluding tert-OH is 1. The smallest absolute Gasteiger partial charge is 0.319 e. The van der Waals surface area contributed by atoms with Crippen LogP contribution in [-0.4, -0.2) is 28.8 Å². The van der Waals surface area contributed by atoms with E-state index in [1.54, 1.807) is 13.2 Å². The van der Waals surface area contributed by atoms with Crippen LogP contribution < -0.4 is 10.6 Å². The Morgan fingerprint density at radius 1 is 1.36 bits per heavy atom. The molecule has 0 spiro atoms. The monoisotopic (exact) mass is 345 g/mol. The lowest BCUT2D eigenvalue weighted by Crippen LogP contribution is -2.38. The van der Waals surface area contributed by atoms with Crippen LogP contribution in [-0.2, 0) is 0 Å². The number of amides is 2. The average molecular weight is 345 g/mol. The second-order valence-corrected chi connectivity index (χ2v) is 7.35. The molecule has 0 saturated heterocycles. The van der Waals surface area contributed by atoms with Gasteiger partial charge in [-0.15, -0.1) is 0 Å². The van der Waals surface area contributed by atoms with Crippen LogP contribution in [0.15, 0.2) is 28.9 Å². The molecule has 2 rings (SSSR count). The molecule has 2 aromatic rings. The highest BCUT2D eigenvalue weighted by Gasteiger charge is 2.21. The molecule has 1 atom stereocenters. The van der Waals surface area contributed by atoms with Gasteiger partial charge in [0.05, 0.1) is 11.8 Å². The SMILES string of the molecule is Cc1coc(-c2cc(NC(=O)NCC(C)(C)CC(C)O)ccc2C)n1. The molecule has 1 unspecified atom stereocenters. The van der Waals surface area contributed by atoms with Crippen molar-refractivity contribution in [3.05, 3.63) is 35.7 Å². The van der Waals surface area contributed by atoms with E-state index < -0.39 is 6.10 Å². The molecule has 0 aliphatic heterocycles. The van der Waals surface area contributed by atoms with Crippen LogP contribution in [0.25, 0.3) is 11.5 Å². The van der Waals surface area contributed by atoms with Crippen LogP contribution in [0.3, 0.4) is 0 Å². The first kappa shape index (κ1) is 19.0. The molecule has 6 heteroatoms. The van der Waals surface area contributed by atoms with Gasteiger partial charge in [0.1, 0.15) is 6.26 Å². The molecule has 0 saturated carbocycles. The predicted molar refractivity (Wildman–Crippen MR) is 98.5 cm³/mol. The fourth-order valence-corrected chi connectivity index (χ4v) is 2.77. The van der Waals surface area contributed by atoms with E-state index in [2.05, 4.69) is 15.6 Å². The lowest BCUT2D eigenvalue weighted by atomic mass is 9.87. The summed E-state index contributed by atoms with van der Waals surface area (Å²) in [4.78, 5) is 16.5. The third-order valence-corrected chi connectivity index (χ3v) is 3.92. The van der Waals surface area contributed by atoms with Crippen molar-refractivity contribution in [2.45, 2.75) is 47.1 Å². The Balaban J connectivity index is 2.02. The number of oxazole rings is 1. The molecule has 0 aliphatic carbocycles. The number of carbonyl (C=O) groups is 1. The Kier molecular flexibility index (Phi) is 5.85. The van der Waals surface area contributed by atoms with Crippen LogP contribution in [0.1, 0.15) is 38.4 Å². The van der Waals surface area contributed by atoms with Gasteiger partial charge in [0.25, 0.3) is 0 Å². The fourth-order valence-electron chi connectivity index (χ4n) is 2.77. The van der Waals surface area contributed by atoms with Gasteiger partial charge in [-0.05, 0) is 50.3 Å². The number of aromatic nitrogens is 1. The summed E-state index contributed by atoms with van der Waals surface area (Å²) in [6, 6.07) is 5.33. The topological polar surface area (TPSA) is 87.4 Å². The molecule has 1 heterocycles. The Labute approximate surface area is 148 Å². The number of benzene rings is 1. The molecule has 136 valence electrons. The summed E-state index contributed by atoms with van der Waals surface area (Å²) in [7, 11) is 0. The van der Waals surface area contributed by atoms with Gasteiger partial charge in [0.15, 0.2) is 0 Å². The number of aryl methyl sites for hydroxylation is 2. The first-order valence-electron chi connectivity index (χ1n) is 8.42. The Morgan fingerprint density at radius 2 is 2.08 bits per heavy atom. The number of urea groups is 1. The minimum Gasteiger partial charge on any atom is -0.444 e. The van der Waals surface area contributed by atoms with E-state index in [9.17, 15) is 9.90 Å². The second-order valence-electron chi connectivity index (χ2n) is 7.35. The van der Waals surface area contributed by atoms with Gasteiger partial charge in [-0.3, -0.25) is 0 Å². The first-order chi connectivity index (χ1) is 11.7. The average Bonchev–Trinajstić information content (AvgIpc) is 2.92. The molecule has 25 heavy (non-hydrogen) atoms. The molecule has 2 amide bonds. The summed E-state index contributed by atoms with van der Waals surface area (Å²) in [5.74, 6) is 0.539. The maximum atomic E-state index is 12.2. The third-order valence-electron chi connectivity index (χ3n) is 3.92. The van der Waals surface area contributed by atoms with Crippen LogP contribution in [0.2, 0.25) is 0 Å². The van der Waals surface area contributed by atoms with Crippen molar-refractivity contribution in [2.24, 2.45) is 5.41 Å². The van der Waals surface area contributed by atoms with Gasteiger partial charge in [-0.2, -0.15) is 0 Å². The molecule has 0 radical (unpaired) electrons. The number of aliphatic hydroxyl groups is 1. The molecule has 0 bridgehead atoms. The van der Waals surface area contributed by atoms with Crippen LogP contribution in [0.5, 0.6) is 0 Å². The fraction of sp³-hybridized carbons (Fsp3) is 0.474. The number of hydrogen-bond donors (Lipinski definition) is 3. The Morgan fingerprint density at radius 3 is 2.68 bits per heavy atom. The van der Waals surface area contributed by atoms with Crippen molar-refractivity contribution in [2.75, 3.05) is 11.9 Å². The number of carbonyl (C=O) groups excluding carboxylic acids is 1. The molecule has 1 aromatic heterocycles. The first-order valence-corrected chi connectivity index (χ1v) is 8.42. The van der Waals surface area contributed by atoms with E-state index in [0.29, 0.717) is 24.5 Å². The van der Waals surface area contributed by atoms with Crippen LogP contribution >= 0.6 is 0 Å². The van der Waals surface area contributed by atoms with E-state index in [-0.39, 0.29) is 11.4 Å². The van der Waals surface area contributed by atoms with Crippen molar-refractivity contribution < 1.29 is 14.3 Å². The van der Waals surface area contributed by atoms with E-state index in [4.69, 9.17) is 4.42 Å². The zero-order valence-electron chi connectivity index (χ0n) is 15.5. The number of hydrogen-bond acceptors (Lipinski definition) is 4. The highest BCUT2D eigenvalue weighted by molar-refractivity contribution is 5.90. The van der Waals surface area contributed by atoms with Crippen molar-refractivity contribution in [3.8, 4) is 11.5 Å². The van der Waals surface area contributed by atoms with Gasteiger partial charge in [0, 0.05) is 17.8 Å². The number of rotatable bonds is 6. The standard InChI is InChI=1S/C19H27N3O3/c1-12-6-7-15(8-16(12)17-21-13(2)10-25-17)22-18(24)20-11-19(4,5)9-14(3)23/h6-8,10,14,23H,9,11H2,1-5H3,(H2,20,22,24). The molecular weight excluding hydrogens is 318 g/mol. The zero-order chi connectivity index (χ0) is 18.6. The lowest BCUT2D eigenvalue weighted by molar-refractivity contribution is 0.129. The summed E-state index contributed by atoms with van der Waals surface area (Å²) in [5.41, 5.74) is 3.17. The Hall–Kier alpha value is -2.34. The largest absolute Gasteiger partial charge is 0.444 e. The van der Waals surface area contributed by atoms with Crippen molar-refractivity contribution in [1.29, 1.82) is 0 Å². The predicted octanol–water partition coefficient (Wildman–Crippen LogP) is 3.88. The minimum absolute atomic E-state index is 0.181. The van der Waals surface area contributed by atoms with E-state index >= 15 is 0 Å². The van der Waals surface area contributed by atoms with Gasteiger partial charge < -0.3 is 20.2 Å². The maximum absolute atomic E-state index is 12.2. The van der Waals surface area contributed by atoms with Gasteiger partial charge in [0.2, 0.25) is 5.89 Å². The van der Waals surface area contributed by atoms with Gasteiger partial charge in [-0.25, -0.2) is 9.78 Å². The molecule has 3 N–H and O–H groups in total. The molecular formula is C19H27N3O3. The molecule has 0 fully saturated rings. The van der Waals surface area contributed by atoms with E-state index in [1.807, 2.05) is 45.9 Å².